The maximum absolute atomic E-state index is 12.1. The number of esters is 1. The van der Waals surface area contributed by atoms with E-state index >= 15 is 0 Å². The van der Waals surface area contributed by atoms with E-state index in [0.717, 1.165) is 24.0 Å². The molecule has 0 aliphatic carbocycles. The first-order chi connectivity index (χ1) is 11.6. The molecule has 1 unspecified atom stereocenters. The van der Waals surface area contributed by atoms with E-state index in [4.69, 9.17) is 9.47 Å². The predicted molar refractivity (Wildman–Crippen MR) is 95.2 cm³/mol. The maximum Gasteiger partial charge on any atom is 0.311 e. The molecule has 1 heterocycles. The molecule has 24 heavy (non-hydrogen) atoms. The molecule has 0 saturated heterocycles. The van der Waals surface area contributed by atoms with Crippen LogP contribution in [-0.4, -0.2) is 17.6 Å². The Morgan fingerprint density at radius 3 is 2.75 bits per heavy atom. The number of pyridine rings is 1. The van der Waals surface area contributed by atoms with E-state index in [9.17, 15) is 4.79 Å². The minimum Gasteiger partial charge on any atom is -0.478 e. The van der Waals surface area contributed by atoms with E-state index in [1.807, 2.05) is 43.3 Å². The second-order valence-electron chi connectivity index (χ2n) is 5.92. The lowest BCUT2D eigenvalue weighted by Gasteiger charge is -2.12. The predicted octanol–water partition coefficient (Wildman–Crippen LogP) is 4.88. The van der Waals surface area contributed by atoms with Crippen molar-refractivity contribution >= 4 is 5.97 Å². The molecule has 0 saturated carbocycles. The van der Waals surface area contributed by atoms with E-state index in [-0.39, 0.29) is 5.97 Å². The lowest BCUT2D eigenvalue weighted by molar-refractivity contribution is -0.135. The van der Waals surface area contributed by atoms with Crippen molar-refractivity contribution in [3.63, 3.8) is 0 Å². The number of benzene rings is 1. The molecule has 1 aromatic heterocycles. The van der Waals surface area contributed by atoms with Crippen molar-refractivity contribution in [1.82, 2.24) is 4.98 Å². The van der Waals surface area contributed by atoms with Gasteiger partial charge in [0.1, 0.15) is 5.75 Å². The van der Waals surface area contributed by atoms with E-state index in [2.05, 4.69) is 18.8 Å². The number of para-hydroxylation sites is 1. The van der Waals surface area contributed by atoms with Gasteiger partial charge in [0.2, 0.25) is 5.88 Å². The smallest absolute Gasteiger partial charge is 0.311 e. The largest absolute Gasteiger partial charge is 0.478 e. The highest BCUT2D eigenvalue weighted by molar-refractivity contribution is 5.78. The number of ether oxygens (including phenoxy) is 2. The van der Waals surface area contributed by atoms with Crippen LogP contribution in [0.3, 0.4) is 0 Å². The molecule has 0 fully saturated rings. The number of aromatic nitrogens is 1. The van der Waals surface area contributed by atoms with Crippen LogP contribution in [0.15, 0.2) is 42.6 Å². The summed E-state index contributed by atoms with van der Waals surface area (Å²) in [5.41, 5.74) is 1.78. The van der Waals surface area contributed by atoms with Gasteiger partial charge in [0.25, 0.3) is 0 Å². The molecule has 0 radical (unpaired) electrons. The Kier molecular flexibility index (Phi) is 6.79. The maximum atomic E-state index is 12.1. The average Bonchev–Trinajstić information content (AvgIpc) is 2.60. The minimum atomic E-state index is -0.201. The molecule has 1 atom stereocenters. The van der Waals surface area contributed by atoms with Crippen molar-refractivity contribution < 1.29 is 14.3 Å². The Morgan fingerprint density at radius 1 is 1.21 bits per heavy atom. The molecule has 2 aromatic rings. The van der Waals surface area contributed by atoms with Gasteiger partial charge in [-0.2, -0.15) is 0 Å². The van der Waals surface area contributed by atoms with Gasteiger partial charge in [-0.05, 0) is 30.0 Å². The van der Waals surface area contributed by atoms with Gasteiger partial charge in [-0.3, -0.25) is 4.79 Å². The summed E-state index contributed by atoms with van der Waals surface area (Å²) in [6.45, 7) is 6.80. The highest BCUT2D eigenvalue weighted by atomic mass is 16.5. The summed E-state index contributed by atoms with van der Waals surface area (Å²) < 4.78 is 11.2. The van der Waals surface area contributed by atoms with Gasteiger partial charge < -0.3 is 9.47 Å². The summed E-state index contributed by atoms with van der Waals surface area (Å²) in [4.78, 5) is 16.3. The number of hydrogen-bond acceptors (Lipinski definition) is 4. The molecule has 2 rings (SSSR count). The van der Waals surface area contributed by atoms with Gasteiger partial charge in [-0.25, -0.2) is 4.98 Å². The molecular weight excluding hydrogens is 302 g/mol. The highest BCUT2D eigenvalue weighted by Gasteiger charge is 2.13. The Hall–Kier alpha value is -2.36. The summed E-state index contributed by atoms with van der Waals surface area (Å²) in [5, 5.41) is 0. The molecule has 128 valence electrons. The van der Waals surface area contributed by atoms with Gasteiger partial charge >= 0.3 is 5.97 Å². The number of carbonyl (C=O) groups excluding carboxylic acids is 1. The summed E-state index contributed by atoms with van der Waals surface area (Å²) in [7, 11) is 0. The topological polar surface area (TPSA) is 48.4 Å². The summed E-state index contributed by atoms with van der Waals surface area (Å²) in [6, 6.07) is 11.3. The first kappa shape index (κ1) is 18.0. The van der Waals surface area contributed by atoms with Gasteiger partial charge in [-0.1, -0.05) is 45.4 Å². The molecule has 1 aromatic carbocycles. The van der Waals surface area contributed by atoms with Gasteiger partial charge in [0.15, 0.2) is 0 Å². The zero-order chi connectivity index (χ0) is 17.4. The van der Waals surface area contributed by atoms with Crippen LogP contribution in [0.2, 0.25) is 0 Å². The van der Waals surface area contributed by atoms with E-state index in [0.29, 0.717) is 30.6 Å². The molecule has 0 bridgehead atoms. The highest BCUT2D eigenvalue weighted by Crippen LogP contribution is 2.31. The van der Waals surface area contributed by atoms with Crippen molar-refractivity contribution in [3.8, 4) is 22.8 Å². The normalized spacial score (nSPS) is 11.8. The Balaban J connectivity index is 2.21. The summed E-state index contributed by atoms with van der Waals surface area (Å²) in [6.07, 6.45) is 4.01. The lowest BCUT2D eigenvalue weighted by atomic mass is 10.0. The quantitative estimate of drug-likeness (QED) is 0.512. The monoisotopic (exact) mass is 327 g/mol. The Morgan fingerprint density at radius 2 is 2.00 bits per heavy atom. The van der Waals surface area contributed by atoms with E-state index < -0.39 is 0 Å². The molecule has 4 nitrogen and oxygen atoms in total. The van der Waals surface area contributed by atoms with Crippen molar-refractivity contribution in [1.29, 1.82) is 0 Å². The molecule has 0 spiro atoms. The third-order valence-electron chi connectivity index (χ3n) is 3.82. The summed E-state index contributed by atoms with van der Waals surface area (Å²) >= 11 is 0. The van der Waals surface area contributed by atoms with Crippen LogP contribution in [0.4, 0.5) is 0 Å². The SMILES string of the molecule is CCCOc1cc(-c2ccccc2OC(=O)CC(C)CC)ccn1. The summed E-state index contributed by atoms with van der Waals surface area (Å²) in [5.74, 6) is 1.27. The lowest BCUT2D eigenvalue weighted by Crippen LogP contribution is -2.12. The van der Waals surface area contributed by atoms with Crippen molar-refractivity contribution in [2.24, 2.45) is 5.92 Å². The van der Waals surface area contributed by atoms with E-state index in [1.54, 1.807) is 6.20 Å². The molecular formula is C20H25NO3. The van der Waals surface area contributed by atoms with Crippen LogP contribution < -0.4 is 9.47 Å². The zero-order valence-electron chi connectivity index (χ0n) is 14.6. The average molecular weight is 327 g/mol. The minimum absolute atomic E-state index is 0.201. The second kappa shape index (κ2) is 9.06. The fraction of sp³-hybridized carbons (Fsp3) is 0.400. The second-order valence-corrected chi connectivity index (χ2v) is 5.92. The fourth-order valence-electron chi connectivity index (χ4n) is 2.25. The zero-order valence-corrected chi connectivity index (χ0v) is 14.6. The number of nitrogens with zero attached hydrogens (tertiary/aromatic N) is 1. The van der Waals surface area contributed by atoms with Crippen molar-refractivity contribution in [2.75, 3.05) is 6.61 Å². The Labute approximate surface area is 143 Å². The van der Waals surface area contributed by atoms with Crippen LogP contribution in [0.25, 0.3) is 11.1 Å². The van der Waals surface area contributed by atoms with Crippen molar-refractivity contribution in [3.05, 3.63) is 42.6 Å². The third kappa shape index (κ3) is 5.08. The van der Waals surface area contributed by atoms with Crippen LogP contribution in [-0.2, 0) is 4.79 Å². The first-order valence-electron chi connectivity index (χ1n) is 8.53. The molecule has 0 aliphatic rings. The van der Waals surface area contributed by atoms with E-state index in [1.165, 1.54) is 0 Å². The molecule has 0 N–H and O–H groups in total. The molecule has 0 amide bonds. The molecule has 0 aliphatic heterocycles. The van der Waals surface area contributed by atoms with Crippen LogP contribution in [0, 0.1) is 5.92 Å². The number of hydrogen-bond donors (Lipinski definition) is 0. The van der Waals surface area contributed by atoms with Crippen LogP contribution in [0.1, 0.15) is 40.0 Å². The first-order valence-corrected chi connectivity index (χ1v) is 8.53. The molecule has 4 heteroatoms. The van der Waals surface area contributed by atoms with Gasteiger partial charge in [0, 0.05) is 24.2 Å². The van der Waals surface area contributed by atoms with Gasteiger partial charge in [-0.15, -0.1) is 0 Å². The van der Waals surface area contributed by atoms with Crippen LogP contribution >= 0.6 is 0 Å². The fourth-order valence-corrected chi connectivity index (χ4v) is 2.25. The van der Waals surface area contributed by atoms with Crippen molar-refractivity contribution in [2.45, 2.75) is 40.0 Å². The van der Waals surface area contributed by atoms with Gasteiger partial charge in [0.05, 0.1) is 6.61 Å². The standard InChI is InChI=1S/C20H25NO3/c1-4-12-23-19-14-16(10-11-21-19)17-8-6-7-9-18(17)24-20(22)13-15(3)5-2/h6-11,14-15H,4-5,12-13H2,1-3H3. The number of rotatable bonds is 8. The third-order valence-corrected chi connectivity index (χ3v) is 3.82. The Bertz CT molecular complexity index is 669. The number of carbonyl (C=O) groups is 1. The van der Waals surface area contributed by atoms with Crippen LogP contribution in [0.5, 0.6) is 11.6 Å².